The largest absolute Gasteiger partial charge is 0.377 e. The highest BCUT2D eigenvalue weighted by atomic mass is 28.1. The van der Waals surface area contributed by atoms with E-state index < -0.39 is 0 Å². The Labute approximate surface area is 84.2 Å². The fraction of sp³-hybridized carbons (Fsp3) is 0.455. The molecule has 3 radical (unpaired) electrons. The Kier molecular flexibility index (Phi) is 3.15. The van der Waals surface area contributed by atoms with Gasteiger partial charge in [0.15, 0.2) is 0 Å². The van der Waals surface area contributed by atoms with E-state index in [4.69, 9.17) is 0 Å². The van der Waals surface area contributed by atoms with Crippen LogP contribution >= 0.6 is 0 Å². The zero-order chi connectivity index (χ0) is 10.0. The maximum absolute atomic E-state index is 3.64. The normalized spacial score (nSPS) is 10.6. The van der Waals surface area contributed by atoms with Crippen LogP contribution in [0.25, 0.3) is 0 Å². The van der Waals surface area contributed by atoms with Gasteiger partial charge in [0.25, 0.3) is 0 Å². The topological polar surface area (TPSA) is 3.24 Å². The maximum atomic E-state index is 3.64. The number of benzene rings is 1. The second-order valence-corrected chi connectivity index (χ2v) is 4.33. The molecule has 13 heavy (non-hydrogen) atoms. The van der Waals surface area contributed by atoms with E-state index in [0.717, 1.165) is 0 Å². The summed E-state index contributed by atoms with van der Waals surface area (Å²) in [6, 6.07) is 6.32. The first-order chi connectivity index (χ1) is 6.04. The molecule has 0 amide bonds. The second-order valence-electron chi connectivity index (χ2n) is 3.79. The van der Waals surface area contributed by atoms with Crippen molar-refractivity contribution in [2.24, 2.45) is 0 Å². The number of hydrogen-bond donors (Lipinski definition) is 0. The Morgan fingerprint density at radius 2 is 1.85 bits per heavy atom. The van der Waals surface area contributed by atoms with Crippen molar-refractivity contribution in [1.82, 2.24) is 0 Å². The van der Waals surface area contributed by atoms with E-state index in [0.29, 0.717) is 5.92 Å². The molecule has 0 bridgehead atoms. The molecule has 2 heteroatoms. The van der Waals surface area contributed by atoms with Crippen LogP contribution < -0.4 is 10.1 Å². The fourth-order valence-corrected chi connectivity index (χ4v) is 2.06. The minimum Gasteiger partial charge on any atom is -0.377 e. The van der Waals surface area contributed by atoms with Crippen LogP contribution in [0.3, 0.4) is 0 Å². The highest BCUT2D eigenvalue weighted by Crippen LogP contribution is 2.23. The van der Waals surface area contributed by atoms with Crippen molar-refractivity contribution in [3.05, 3.63) is 23.8 Å². The predicted molar refractivity (Wildman–Crippen MR) is 60.2 cm³/mol. The summed E-state index contributed by atoms with van der Waals surface area (Å²) < 4.78 is 0. The van der Waals surface area contributed by atoms with Gasteiger partial charge in [-0.25, -0.2) is 0 Å². The molecule has 1 aromatic rings. The number of hydrogen-bond acceptors (Lipinski definition) is 1. The molecule has 0 aliphatic rings. The van der Waals surface area contributed by atoms with Crippen LogP contribution in [0, 0.1) is 0 Å². The van der Waals surface area contributed by atoms with Crippen molar-refractivity contribution in [3.8, 4) is 0 Å². The van der Waals surface area contributed by atoms with Crippen molar-refractivity contribution in [1.29, 1.82) is 0 Å². The first-order valence-electron chi connectivity index (χ1n) is 4.56. The SMILES string of the molecule is CC(C)c1c([Si])cccc1N(C)C. The lowest BCUT2D eigenvalue weighted by Gasteiger charge is -2.21. The highest BCUT2D eigenvalue weighted by Gasteiger charge is 2.09. The van der Waals surface area contributed by atoms with Crippen LogP contribution in [0.5, 0.6) is 0 Å². The van der Waals surface area contributed by atoms with Gasteiger partial charge in [0.05, 0.1) is 10.2 Å². The average Bonchev–Trinajstić information content (AvgIpc) is 2.02. The van der Waals surface area contributed by atoms with Crippen LogP contribution in [-0.4, -0.2) is 24.3 Å². The van der Waals surface area contributed by atoms with E-state index >= 15 is 0 Å². The van der Waals surface area contributed by atoms with Crippen molar-refractivity contribution in [3.63, 3.8) is 0 Å². The van der Waals surface area contributed by atoms with Crippen molar-refractivity contribution < 1.29 is 0 Å². The second kappa shape index (κ2) is 3.96. The molecule has 69 valence electrons. The Hall–Kier alpha value is -0.763. The molecule has 1 rings (SSSR count). The molecule has 0 atom stereocenters. The first kappa shape index (κ1) is 10.3. The van der Waals surface area contributed by atoms with Crippen LogP contribution in [0.1, 0.15) is 25.3 Å². The summed E-state index contributed by atoms with van der Waals surface area (Å²) >= 11 is 0. The lowest BCUT2D eigenvalue weighted by molar-refractivity contribution is 0.865. The fourth-order valence-electron chi connectivity index (χ4n) is 1.55. The van der Waals surface area contributed by atoms with Gasteiger partial charge >= 0.3 is 0 Å². The Morgan fingerprint density at radius 1 is 1.23 bits per heavy atom. The van der Waals surface area contributed by atoms with E-state index in [-0.39, 0.29) is 0 Å². The van der Waals surface area contributed by atoms with Gasteiger partial charge in [-0.2, -0.15) is 0 Å². The summed E-state index contributed by atoms with van der Waals surface area (Å²) in [6.45, 7) is 4.43. The molecule has 0 heterocycles. The average molecular weight is 190 g/mol. The summed E-state index contributed by atoms with van der Waals surface area (Å²) in [6.07, 6.45) is 0. The minimum absolute atomic E-state index is 0.547. The molecule has 0 fully saturated rings. The molecule has 0 N–H and O–H groups in total. The Balaban J connectivity index is 3.26. The summed E-state index contributed by atoms with van der Waals surface area (Å²) in [5.74, 6) is 0.547. The maximum Gasteiger partial charge on any atom is 0.0716 e. The zero-order valence-corrected chi connectivity index (χ0v) is 9.76. The number of anilines is 1. The van der Waals surface area contributed by atoms with Crippen LogP contribution in [0.15, 0.2) is 18.2 Å². The number of nitrogens with zero attached hydrogens (tertiary/aromatic N) is 1. The molecule has 1 nitrogen and oxygen atoms in total. The first-order valence-corrected chi connectivity index (χ1v) is 5.06. The van der Waals surface area contributed by atoms with Crippen LogP contribution in [0.4, 0.5) is 5.69 Å². The number of rotatable bonds is 2. The van der Waals surface area contributed by atoms with E-state index in [1.165, 1.54) is 16.4 Å². The Bertz CT molecular complexity index is 292. The third kappa shape index (κ3) is 2.13. The quantitative estimate of drug-likeness (QED) is 0.641. The van der Waals surface area contributed by atoms with Gasteiger partial charge in [-0.3, -0.25) is 0 Å². The Morgan fingerprint density at radius 3 is 2.23 bits per heavy atom. The summed E-state index contributed by atoms with van der Waals surface area (Å²) in [4.78, 5) is 2.15. The molecular formula is C11H16NSi. The van der Waals surface area contributed by atoms with Crippen molar-refractivity contribution in [2.75, 3.05) is 19.0 Å². The molecular weight excluding hydrogens is 174 g/mol. The highest BCUT2D eigenvalue weighted by molar-refractivity contribution is 6.33. The molecule has 0 spiro atoms. The van der Waals surface area contributed by atoms with Crippen LogP contribution in [-0.2, 0) is 0 Å². The van der Waals surface area contributed by atoms with Crippen LogP contribution in [0.2, 0.25) is 0 Å². The van der Waals surface area contributed by atoms with Gasteiger partial charge in [0.2, 0.25) is 0 Å². The molecule has 0 unspecified atom stereocenters. The van der Waals surface area contributed by atoms with E-state index in [2.05, 4.69) is 61.3 Å². The predicted octanol–water partition coefficient (Wildman–Crippen LogP) is 1.67. The monoisotopic (exact) mass is 190 g/mol. The van der Waals surface area contributed by atoms with Crippen molar-refractivity contribution >= 4 is 21.1 Å². The lowest BCUT2D eigenvalue weighted by Crippen LogP contribution is -2.19. The third-order valence-electron chi connectivity index (χ3n) is 2.14. The molecule has 0 aliphatic heterocycles. The standard InChI is InChI=1S/C11H16NSi/c1-8(2)11-9(12(3)4)6-5-7-10(11)13/h5-8H,1-4H3. The van der Waals surface area contributed by atoms with Gasteiger partial charge in [-0.1, -0.05) is 31.2 Å². The summed E-state index contributed by atoms with van der Waals surface area (Å²) in [7, 11) is 7.79. The molecule has 0 aromatic heterocycles. The van der Waals surface area contributed by atoms with Crippen molar-refractivity contribution in [2.45, 2.75) is 19.8 Å². The summed E-state index contributed by atoms with van der Waals surface area (Å²) in [5, 5.41) is 1.20. The van der Waals surface area contributed by atoms with Gasteiger partial charge in [-0.05, 0) is 17.5 Å². The van der Waals surface area contributed by atoms with E-state index in [1.807, 2.05) is 0 Å². The third-order valence-corrected chi connectivity index (χ3v) is 2.58. The van der Waals surface area contributed by atoms with Gasteiger partial charge in [0, 0.05) is 19.8 Å². The minimum atomic E-state index is 0.547. The zero-order valence-electron chi connectivity index (χ0n) is 8.76. The lowest BCUT2D eigenvalue weighted by atomic mass is 10.0. The molecule has 0 saturated heterocycles. The van der Waals surface area contributed by atoms with E-state index in [9.17, 15) is 0 Å². The molecule has 1 aromatic carbocycles. The summed E-state index contributed by atoms with van der Waals surface area (Å²) in [5.41, 5.74) is 2.67. The van der Waals surface area contributed by atoms with Gasteiger partial charge in [0.1, 0.15) is 0 Å². The van der Waals surface area contributed by atoms with Gasteiger partial charge < -0.3 is 4.90 Å². The molecule has 0 saturated carbocycles. The van der Waals surface area contributed by atoms with Gasteiger partial charge in [-0.15, -0.1) is 0 Å². The van der Waals surface area contributed by atoms with E-state index in [1.54, 1.807) is 0 Å². The smallest absolute Gasteiger partial charge is 0.0716 e. The molecule has 0 aliphatic carbocycles.